The highest BCUT2D eigenvalue weighted by Crippen LogP contribution is 2.34. The summed E-state index contributed by atoms with van der Waals surface area (Å²) in [4.78, 5) is 24.9. The Labute approximate surface area is 161 Å². The van der Waals surface area contributed by atoms with Crippen molar-refractivity contribution in [1.29, 1.82) is 0 Å². The average Bonchev–Trinajstić information content (AvgIpc) is 2.98. The smallest absolute Gasteiger partial charge is 0.317 e. The molecular formula is C17H21NO7S2. The van der Waals surface area contributed by atoms with Gasteiger partial charge in [0.05, 0.1) is 17.3 Å². The van der Waals surface area contributed by atoms with Gasteiger partial charge in [0.1, 0.15) is 13.2 Å². The summed E-state index contributed by atoms with van der Waals surface area (Å²) in [5, 5.41) is 2.62. The molecule has 0 unspecified atom stereocenters. The van der Waals surface area contributed by atoms with Crippen LogP contribution in [0.15, 0.2) is 23.1 Å². The van der Waals surface area contributed by atoms with Gasteiger partial charge >= 0.3 is 5.97 Å². The van der Waals surface area contributed by atoms with Gasteiger partial charge in [-0.2, -0.15) is 0 Å². The third kappa shape index (κ3) is 5.52. The van der Waals surface area contributed by atoms with Gasteiger partial charge in [-0.1, -0.05) is 0 Å². The van der Waals surface area contributed by atoms with E-state index in [0.29, 0.717) is 31.1 Å². The number of ether oxygens (including phenoxy) is 3. The van der Waals surface area contributed by atoms with E-state index in [0.717, 1.165) is 4.90 Å². The lowest BCUT2D eigenvalue weighted by Crippen LogP contribution is -2.42. The molecule has 0 aromatic heterocycles. The maximum Gasteiger partial charge on any atom is 0.317 e. The number of hydrogen-bond acceptors (Lipinski definition) is 8. The molecule has 2 heterocycles. The number of sulfone groups is 1. The van der Waals surface area contributed by atoms with Gasteiger partial charge in [0.2, 0.25) is 0 Å². The largest absolute Gasteiger partial charge is 0.486 e. The number of hydrogen-bond donors (Lipinski definition) is 1. The second kappa shape index (κ2) is 8.39. The number of esters is 1. The Hall–Kier alpha value is -1.94. The van der Waals surface area contributed by atoms with Crippen LogP contribution in [0, 0.1) is 0 Å². The molecule has 1 saturated heterocycles. The van der Waals surface area contributed by atoms with Crippen LogP contribution in [-0.2, 0) is 24.2 Å². The van der Waals surface area contributed by atoms with Gasteiger partial charge in [0.25, 0.3) is 5.91 Å². The van der Waals surface area contributed by atoms with E-state index in [1.165, 1.54) is 18.7 Å². The quantitative estimate of drug-likeness (QED) is 0.537. The van der Waals surface area contributed by atoms with E-state index in [1.807, 2.05) is 6.07 Å². The van der Waals surface area contributed by atoms with E-state index in [-0.39, 0.29) is 17.3 Å². The van der Waals surface area contributed by atoms with Gasteiger partial charge in [0, 0.05) is 10.9 Å². The van der Waals surface area contributed by atoms with Crippen LogP contribution in [0.5, 0.6) is 11.5 Å². The highest BCUT2D eigenvalue weighted by molar-refractivity contribution is 8.00. The number of amides is 1. The Balaban J connectivity index is 1.44. The summed E-state index contributed by atoms with van der Waals surface area (Å²) in [5.41, 5.74) is 0. The van der Waals surface area contributed by atoms with Crippen molar-refractivity contribution in [1.82, 2.24) is 5.32 Å². The Bertz CT molecular complexity index is 825. The lowest BCUT2D eigenvalue weighted by atomic mass is 10.2. The molecule has 1 aromatic rings. The number of rotatable bonds is 6. The fourth-order valence-corrected chi connectivity index (χ4v) is 5.15. The van der Waals surface area contributed by atoms with Crippen LogP contribution in [0.2, 0.25) is 0 Å². The van der Waals surface area contributed by atoms with E-state index in [9.17, 15) is 18.0 Å². The molecule has 1 aromatic carbocycles. The van der Waals surface area contributed by atoms with Gasteiger partial charge in [-0.15, -0.1) is 11.8 Å². The molecule has 10 heteroatoms. The number of carbonyl (C=O) groups is 2. The molecule has 148 valence electrons. The van der Waals surface area contributed by atoms with Gasteiger partial charge in [-0.3, -0.25) is 9.59 Å². The summed E-state index contributed by atoms with van der Waals surface area (Å²) in [6, 6.07) is 4.98. The molecule has 0 spiro atoms. The third-order valence-corrected chi connectivity index (χ3v) is 6.86. The number of thioether (sulfide) groups is 1. The van der Waals surface area contributed by atoms with Crippen LogP contribution >= 0.6 is 11.8 Å². The summed E-state index contributed by atoms with van der Waals surface area (Å²) in [7, 11) is -3.08. The summed E-state index contributed by atoms with van der Waals surface area (Å²) in [6.07, 6.45) is -0.601. The molecular weight excluding hydrogens is 394 g/mol. The van der Waals surface area contributed by atoms with Crippen molar-refractivity contribution >= 4 is 33.5 Å². The molecule has 2 aliphatic heterocycles. The van der Waals surface area contributed by atoms with Crippen LogP contribution in [-0.4, -0.2) is 62.9 Å². The Morgan fingerprint density at radius 2 is 2.04 bits per heavy atom. The number of nitrogens with one attached hydrogen (secondary N) is 1. The van der Waals surface area contributed by atoms with E-state index in [2.05, 4.69) is 5.32 Å². The number of benzene rings is 1. The van der Waals surface area contributed by atoms with Crippen LogP contribution in [0.4, 0.5) is 0 Å². The van der Waals surface area contributed by atoms with E-state index >= 15 is 0 Å². The molecule has 2 atom stereocenters. The average molecular weight is 415 g/mol. The number of fused-ring (bicyclic) bond motifs is 1. The number of carbonyl (C=O) groups excluding carboxylic acids is 2. The molecule has 1 fully saturated rings. The minimum absolute atomic E-state index is 0.0368. The molecule has 2 aliphatic rings. The maximum atomic E-state index is 12.1. The zero-order valence-corrected chi connectivity index (χ0v) is 16.4. The lowest BCUT2D eigenvalue weighted by molar-refractivity contribution is -0.152. The van der Waals surface area contributed by atoms with Crippen molar-refractivity contribution in [3.63, 3.8) is 0 Å². The zero-order chi connectivity index (χ0) is 19.4. The van der Waals surface area contributed by atoms with Crippen molar-refractivity contribution in [3.8, 4) is 11.5 Å². The summed E-state index contributed by atoms with van der Waals surface area (Å²) < 4.78 is 38.9. The minimum Gasteiger partial charge on any atom is -0.486 e. The molecule has 0 aliphatic carbocycles. The van der Waals surface area contributed by atoms with Gasteiger partial charge in [-0.25, -0.2) is 8.42 Å². The van der Waals surface area contributed by atoms with E-state index in [1.54, 1.807) is 12.1 Å². The van der Waals surface area contributed by atoms with Gasteiger partial charge in [-0.05, 0) is 31.5 Å². The first-order valence-electron chi connectivity index (χ1n) is 8.55. The molecule has 0 saturated carbocycles. The molecule has 27 heavy (non-hydrogen) atoms. The van der Waals surface area contributed by atoms with Crippen molar-refractivity contribution < 1.29 is 32.2 Å². The maximum absolute atomic E-state index is 12.1. The SMILES string of the molecule is C[C@H](OC(=O)CSc1ccc2c(c1)OCCO2)C(=O)N[C@@H]1CCS(=O)(=O)C1. The normalized spacial score (nSPS) is 21.3. The first-order chi connectivity index (χ1) is 12.8. The molecule has 8 nitrogen and oxygen atoms in total. The summed E-state index contributed by atoms with van der Waals surface area (Å²) in [6.45, 7) is 2.46. The predicted octanol–water partition coefficient (Wildman–Crippen LogP) is 0.785. The fraction of sp³-hybridized carbons (Fsp3) is 0.529. The second-order valence-corrected chi connectivity index (χ2v) is 9.61. The van der Waals surface area contributed by atoms with Crippen molar-refractivity contribution in [2.24, 2.45) is 0 Å². The van der Waals surface area contributed by atoms with Crippen LogP contribution in [0.25, 0.3) is 0 Å². The van der Waals surface area contributed by atoms with E-state index < -0.39 is 33.9 Å². The molecule has 1 amide bonds. The first kappa shape index (κ1) is 19.8. The Morgan fingerprint density at radius 3 is 2.74 bits per heavy atom. The zero-order valence-electron chi connectivity index (χ0n) is 14.8. The summed E-state index contributed by atoms with van der Waals surface area (Å²) in [5.74, 6) is 0.324. The van der Waals surface area contributed by atoms with Crippen molar-refractivity contribution in [3.05, 3.63) is 18.2 Å². The molecule has 0 bridgehead atoms. The Morgan fingerprint density at radius 1 is 1.30 bits per heavy atom. The van der Waals surface area contributed by atoms with Crippen LogP contribution in [0.3, 0.4) is 0 Å². The molecule has 0 radical (unpaired) electrons. The highest BCUT2D eigenvalue weighted by Gasteiger charge is 2.30. The Kier molecular flexibility index (Phi) is 6.15. The van der Waals surface area contributed by atoms with Gasteiger partial charge < -0.3 is 19.5 Å². The third-order valence-electron chi connectivity index (χ3n) is 4.13. The van der Waals surface area contributed by atoms with Crippen LogP contribution in [0.1, 0.15) is 13.3 Å². The van der Waals surface area contributed by atoms with Crippen LogP contribution < -0.4 is 14.8 Å². The monoisotopic (exact) mass is 415 g/mol. The predicted molar refractivity (Wildman–Crippen MR) is 98.9 cm³/mol. The first-order valence-corrected chi connectivity index (χ1v) is 11.4. The second-order valence-electron chi connectivity index (χ2n) is 6.33. The van der Waals surface area contributed by atoms with Crippen molar-refractivity contribution in [2.45, 2.75) is 30.4 Å². The molecule has 3 rings (SSSR count). The molecule has 1 N–H and O–H groups in total. The minimum atomic E-state index is -3.08. The lowest BCUT2D eigenvalue weighted by Gasteiger charge is -2.19. The standard InChI is InChI=1S/C17H21NO7S2/c1-11(17(20)18-12-4-7-27(21,22)10-12)25-16(19)9-26-13-2-3-14-15(8-13)24-6-5-23-14/h2-3,8,11-12H,4-7,9-10H2,1H3,(H,18,20)/t11-,12+/m0/s1. The van der Waals surface area contributed by atoms with E-state index in [4.69, 9.17) is 14.2 Å². The topological polar surface area (TPSA) is 108 Å². The summed E-state index contributed by atoms with van der Waals surface area (Å²) >= 11 is 1.27. The van der Waals surface area contributed by atoms with Gasteiger partial charge in [0.15, 0.2) is 27.4 Å². The fourth-order valence-electron chi connectivity index (χ4n) is 2.77. The van der Waals surface area contributed by atoms with Crippen molar-refractivity contribution in [2.75, 3.05) is 30.5 Å². The highest BCUT2D eigenvalue weighted by atomic mass is 32.2.